The molecule has 1 fully saturated rings. The third-order valence-electron chi connectivity index (χ3n) is 5.83. The Kier molecular flexibility index (Phi) is 6.84. The third-order valence-corrected chi connectivity index (χ3v) is 6.76. The van der Waals surface area contributed by atoms with Crippen molar-refractivity contribution in [1.29, 1.82) is 0 Å². The minimum atomic E-state index is -0.168. The van der Waals surface area contributed by atoms with Crippen LogP contribution >= 0.6 is 11.3 Å². The van der Waals surface area contributed by atoms with Crippen molar-refractivity contribution in [3.63, 3.8) is 0 Å². The standard InChI is InChI=1S/C25H27N5O3S/c31-10-11-33-20-12-17(14-26-15-20)16-4-9-21-22(13-16)34-25(28-21)30-24-3-1-2-23(29-24)27-18-5-7-19(32)8-6-18/h1-4,9,12-15,18-19,31-32H,5-8,10-11H2,(H2,27,28,29,30)/t18-,19-. The summed E-state index contributed by atoms with van der Waals surface area (Å²) in [4.78, 5) is 13.6. The SMILES string of the molecule is OCCOc1cncc(-c2ccc3nc(Nc4cccc(N[C@H]5CC[C@H](O)CC5)n4)sc3c2)c1. The highest BCUT2D eigenvalue weighted by molar-refractivity contribution is 7.22. The molecule has 0 amide bonds. The number of hydrogen-bond acceptors (Lipinski definition) is 9. The molecule has 0 saturated heterocycles. The predicted octanol–water partition coefficient (Wildman–Crippen LogP) is 4.58. The lowest BCUT2D eigenvalue weighted by Crippen LogP contribution is -2.28. The maximum atomic E-state index is 9.71. The molecular weight excluding hydrogens is 450 g/mol. The topological polar surface area (TPSA) is 112 Å². The number of pyridine rings is 2. The first-order valence-corrected chi connectivity index (χ1v) is 12.3. The summed E-state index contributed by atoms with van der Waals surface area (Å²) in [6.07, 6.45) is 6.83. The molecule has 5 rings (SSSR count). The molecule has 0 spiro atoms. The zero-order chi connectivity index (χ0) is 23.3. The quantitative estimate of drug-likeness (QED) is 0.292. The van der Waals surface area contributed by atoms with E-state index in [1.807, 2.05) is 36.4 Å². The van der Waals surface area contributed by atoms with Crippen LogP contribution < -0.4 is 15.4 Å². The molecule has 1 saturated carbocycles. The Morgan fingerprint density at radius 2 is 1.82 bits per heavy atom. The average Bonchev–Trinajstić information content (AvgIpc) is 3.26. The predicted molar refractivity (Wildman–Crippen MR) is 135 cm³/mol. The number of benzene rings is 1. The van der Waals surface area contributed by atoms with Crippen LogP contribution in [0.1, 0.15) is 25.7 Å². The van der Waals surface area contributed by atoms with Gasteiger partial charge in [-0.15, -0.1) is 0 Å². The molecule has 176 valence electrons. The van der Waals surface area contributed by atoms with Gasteiger partial charge in [-0.25, -0.2) is 9.97 Å². The molecular formula is C25H27N5O3S. The summed E-state index contributed by atoms with van der Waals surface area (Å²) >= 11 is 1.57. The zero-order valence-corrected chi connectivity index (χ0v) is 19.5. The van der Waals surface area contributed by atoms with E-state index in [9.17, 15) is 5.11 Å². The fourth-order valence-electron chi connectivity index (χ4n) is 4.10. The van der Waals surface area contributed by atoms with Crippen molar-refractivity contribution in [2.24, 2.45) is 0 Å². The molecule has 8 nitrogen and oxygen atoms in total. The lowest BCUT2D eigenvalue weighted by Gasteiger charge is -2.26. The van der Waals surface area contributed by atoms with Crippen LogP contribution in [0.2, 0.25) is 0 Å². The van der Waals surface area contributed by atoms with E-state index >= 15 is 0 Å². The number of aliphatic hydroxyl groups is 2. The van der Waals surface area contributed by atoms with Gasteiger partial charge in [-0.1, -0.05) is 23.5 Å². The van der Waals surface area contributed by atoms with E-state index < -0.39 is 0 Å². The summed E-state index contributed by atoms with van der Waals surface area (Å²) in [6, 6.07) is 14.2. The van der Waals surface area contributed by atoms with E-state index in [1.165, 1.54) is 0 Å². The first-order chi connectivity index (χ1) is 16.7. The molecule has 0 radical (unpaired) electrons. The molecule has 1 aliphatic carbocycles. The van der Waals surface area contributed by atoms with Gasteiger partial charge < -0.3 is 25.6 Å². The third kappa shape index (κ3) is 5.44. The monoisotopic (exact) mass is 477 g/mol. The van der Waals surface area contributed by atoms with Gasteiger partial charge in [-0.3, -0.25) is 4.98 Å². The lowest BCUT2D eigenvalue weighted by atomic mass is 9.93. The van der Waals surface area contributed by atoms with Gasteiger partial charge in [-0.2, -0.15) is 0 Å². The fraction of sp³-hybridized carbons (Fsp3) is 0.320. The second-order valence-electron chi connectivity index (χ2n) is 8.37. The summed E-state index contributed by atoms with van der Waals surface area (Å²) in [5.41, 5.74) is 2.87. The molecule has 34 heavy (non-hydrogen) atoms. The van der Waals surface area contributed by atoms with Gasteiger partial charge in [0.1, 0.15) is 24.0 Å². The van der Waals surface area contributed by atoms with Crippen LogP contribution in [0.5, 0.6) is 5.75 Å². The Bertz CT molecular complexity index is 1260. The summed E-state index contributed by atoms with van der Waals surface area (Å²) < 4.78 is 6.53. The maximum absolute atomic E-state index is 9.71. The maximum Gasteiger partial charge on any atom is 0.189 e. The normalized spacial score (nSPS) is 18.1. The number of anilines is 3. The highest BCUT2D eigenvalue weighted by atomic mass is 32.1. The van der Waals surface area contributed by atoms with Crippen molar-refractivity contribution in [1.82, 2.24) is 15.0 Å². The molecule has 1 aromatic carbocycles. The molecule has 0 bridgehead atoms. The first kappa shape index (κ1) is 22.5. The van der Waals surface area contributed by atoms with Crippen molar-refractivity contribution in [3.05, 3.63) is 54.9 Å². The molecule has 4 aromatic rings. The van der Waals surface area contributed by atoms with Gasteiger partial charge in [0.15, 0.2) is 5.13 Å². The minimum absolute atomic E-state index is 0.0363. The zero-order valence-electron chi connectivity index (χ0n) is 18.6. The van der Waals surface area contributed by atoms with Crippen LogP contribution in [0.15, 0.2) is 54.9 Å². The van der Waals surface area contributed by atoms with Crippen molar-refractivity contribution in [3.8, 4) is 16.9 Å². The molecule has 4 N–H and O–H groups in total. The molecule has 0 aliphatic heterocycles. The molecule has 0 unspecified atom stereocenters. The number of nitrogens with zero attached hydrogens (tertiary/aromatic N) is 3. The van der Waals surface area contributed by atoms with Gasteiger partial charge in [0, 0.05) is 17.8 Å². The number of rotatable bonds is 8. The number of nitrogens with one attached hydrogen (secondary N) is 2. The Hall–Kier alpha value is -3.27. The van der Waals surface area contributed by atoms with E-state index in [2.05, 4.69) is 21.7 Å². The van der Waals surface area contributed by atoms with Gasteiger partial charge in [0.2, 0.25) is 0 Å². The van der Waals surface area contributed by atoms with E-state index in [-0.39, 0.29) is 19.3 Å². The van der Waals surface area contributed by atoms with Crippen LogP contribution in [-0.4, -0.2) is 50.5 Å². The number of fused-ring (bicyclic) bond motifs is 1. The highest BCUT2D eigenvalue weighted by Gasteiger charge is 2.19. The second kappa shape index (κ2) is 10.3. The van der Waals surface area contributed by atoms with E-state index in [0.29, 0.717) is 11.8 Å². The number of aromatic nitrogens is 3. The van der Waals surface area contributed by atoms with Crippen LogP contribution in [0, 0.1) is 0 Å². The molecule has 3 heterocycles. The second-order valence-corrected chi connectivity index (χ2v) is 9.40. The van der Waals surface area contributed by atoms with Gasteiger partial charge in [-0.05, 0) is 61.6 Å². The number of thiazole rings is 1. The van der Waals surface area contributed by atoms with E-state index in [4.69, 9.17) is 19.8 Å². The Labute approximate surface area is 201 Å². The summed E-state index contributed by atoms with van der Waals surface area (Å²) in [5, 5.41) is 26.3. The molecule has 3 aromatic heterocycles. The summed E-state index contributed by atoms with van der Waals surface area (Å²) in [6.45, 7) is 0.202. The largest absolute Gasteiger partial charge is 0.490 e. The average molecular weight is 478 g/mol. The van der Waals surface area contributed by atoms with E-state index in [0.717, 1.165) is 63.8 Å². The van der Waals surface area contributed by atoms with Crippen LogP contribution in [-0.2, 0) is 0 Å². The number of ether oxygens (including phenoxy) is 1. The number of aliphatic hydroxyl groups excluding tert-OH is 2. The minimum Gasteiger partial charge on any atom is -0.490 e. The van der Waals surface area contributed by atoms with Crippen LogP contribution in [0.4, 0.5) is 16.8 Å². The van der Waals surface area contributed by atoms with Crippen molar-refractivity contribution in [2.75, 3.05) is 23.8 Å². The Balaban J connectivity index is 1.30. The van der Waals surface area contributed by atoms with E-state index in [1.54, 1.807) is 23.7 Å². The van der Waals surface area contributed by atoms with Gasteiger partial charge >= 0.3 is 0 Å². The fourth-order valence-corrected chi connectivity index (χ4v) is 5.01. The van der Waals surface area contributed by atoms with Crippen LogP contribution in [0.3, 0.4) is 0 Å². The first-order valence-electron chi connectivity index (χ1n) is 11.4. The van der Waals surface area contributed by atoms with Crippen LogP contribution in [0.25, 0.3) is 21.3 Å². The van der Waals surface area contributed by atoms with Gasteiger partial charge in [0.05, 0.1) is 29.1 Å². The van der Waals surface area contributed by atoms with Gasteiger partial charge in [0.25, 0.3) is 0 Å². The van der Waals surface area contributed by atoms with Crippen molar-refractivity contribution < 1.29 is 14.9 Å². The summed E-state index contributed by atoms with van der Waals surface area (Å²) in [7, 11) is 0. The number of hydrogen-bond donors (Lipinski definition) is 4. The van der Waals surface area contributed by atoms with Crippen molar-refractivity contribution >= 4 is 38.3 Å². The lowest BCUT2D eigenvalue weighted by molar-refractivity contribution is 0.126. The Morgan fingerprint density at radius 1 is 0.971 bits per heavy atom. The Morgan fingerprint density at radius 3 is 2.68 bits per heavy atom. The highest BCUT2D eigenvalue weighted by Crippen LogP contribution is 2.32. The summed E-state index contributed by atoms with van der Waals surface area (Å²) in [5.74, 6) is 2.19. The molecule has 0 atom stereocenters. The van der Waals surface area contributed by atoms with Crippen molar-refractivity contribution in [2.45, 2.75) is 37.8 Å². The smallest absolute Gasteiger partial charge is 0.189 e. The molecule has 9 heteroatoms. The molecule has 1 aliphatic rings.